The van der Waals surface area contributed by atoms with E-state index in [9.17, 15) is 8.78 Å². The summed E-state index contributed by atoms with van der Waals surface area (Å²) in [4.78, 5) is 0. The molecule has 0 aromatic heterocycles. The van der Waals surface area contributed by atoms with Crippen LogP contribution >= 0.6 is 0 Å². The second-order valence-corrected chi connectivity index (χ2v) is 2.28. The molecular formula is C9H7F2NO. The fraction of sp³-hybridized carbons (Fsp3) is 0.222. The Bertz CT molecular complexity index is 357. The lowest BCUT2D eigenvalue weighted by Gasteiger charge is -2.06. The van der Waals surface area contributed by atoms with Crippen LogP contribution in [0.3, 0.4) is 0 Å². The highest BCUT2D eigenvalue weighted by Gasteiger charge is 2.13. The van der Waals surface area contributed by atoms with E-state index in [1.54, 1.807) is 13.0 Å². The number of halogens is 2. The fourth-order valence-corrected chi connectivity index (χ4v) is 0.923. The molecule has 0 radical (unpaired) electrons. The molecule has 0 aliphatic rings. The summed E-state index contributed by atoms with van der Waals surface area (Å²) in [7, 11) is 0. The van der Waals surface area contributed by atoms with Crippen LogP contribution in [0.15, 0.2) is 12.1 Å². The van der Waals surface area contributed by atoms with Gasteiger partial charge in [-0.1, -0.05) is 0 Å². The highest BCUT2D eigenvalue weighted by Crippen LogP contribution is 2.24. The van der Waals surface area contributed by atoms with E-state index in [-0.39, 0.29) is 17.9 Å². The summed E-state index contributed by atoms with van der Waals surface area (Å²) in [6.45, 7) is 1.82. The smallest absolute Gasteiger partial charge is 0.175 e. The molecule has 0 saturated heterocycles. The van der Waals surface area contributed by atoms with Crippen molar-refractivity contribution in [2.75, 3.05) is 6.61 Å². The maximum Gasteiger partial charge on any atom is 0.175 e. The number of nitrogens with zero attached hydrogens (tertiary/aromatic N) is 1. The average molecular weight is 183 g/mol. The number of hydrogen-bond donors (Lipinski definition) is 0. The van der Waals surface area contributed by atoms with Crippen molar-refractivity contribution in [1.82, 2.24) is 0 Å². The van der Waals surface area contributed by atoms with Crippen LogP contribution in [0.1, 0.15) is 12.5 Å². The lowest BCUT2D eigenvalue weighted by Crippen LogP contribution is -1.99. The Hall–Kier alpha value is -1.63. The van der Waals surface area contributed by atoms with Gasteiger partial charge in [-0.2, -0.15) is 5.26 Å². The van der Waals surface area contributed by atoms with Gasteiger partial charge in [0.15, 0.2) is 11.6 Å². The zero-order valence-corrected chi connectivity index (χ0v) is 6.97. The first kappa shape index (κ1) is 9.46. The van der Waals surface area contributed by atoms with Crippen LogP contribution < -0.4 is 4.74 Å². The minimum absolute atomic E-state index is 0.190. The minimum Gasteiger partial charge on any atom is -0.489 e. The summed E-state index contributed by atoms with van der Waals surface area (Å²) in [6, 6.07) is 3.38. The quantitative estimate of drug-likeness (QED) is 0.704. The van der Waals surface area contributed by atoms with E-state index in [2.05, 4.69) is 0 Å². The molecule has 0 N–H and O–H groups in total. The Morgan fingerprint density at radius 3 is 2.54 bits per heavy atom. The summed E-state index contributed by atoms with van der Waals surface area (Å²) in [5.74, 6) is -1.81. The zero-order chi connectivity index (χ0) is 9.84. The Balaban J connectivity index is 3.28. The van der Waals surface area contributed by atoms with Gasteiger partial charge in [-0.05, 0) is 19.1 Å². The van der Waals surface area contributed by atoms with E-state index < -0.39 is 11.6 Å². The maximum atomic E-state index is 13.0. The second kappa shape index (κ2) is 3.85. The number of benzene rings is 1. The van der Waals surface area contributed by atoms with E-state index in [4.69, 9.17) is 10.00 Å². The lowest BCUT2D eigenvalue weighted by atomic mass is 10.2. The van der Waals surface area contributed by atoms with Crippen molar-refractivity contribution < 1.29 is 13.5 Å². The van der Waals surface area contributed by atoms with Gasteiger partial charge in [-0.3, -0.25) is 0 Å². The zero-order valence-electron chi connectivity index (χ0n) is 6.97. The predicted molar refractivity (Wildman–Crippen MR) is 42.2 cm³/mol. The molecule has 4 heteroatoms. The number of hydrogen-bond acceptors (Lipinski definition) is 2. The van der Waals surface area contributed by atoms with Gasteiger partial charge < -0.3 is 4.74 Å². The topological polar surface area (TPSA) is 33.0 Å². The van der Waals surface area contributed by atoms with Gasteiger partial charge in [0.05, 0.1) is 6.61 Å². The average Bonchev–Trinajstić information content (AvgIpc) is 2.12. The third kappa shape index (κ3) is 1.75. The molecule has 2 nitrogen and oxygen atoms in total. The Morgan fingerprint density at radius 2 is 2.00 bits per heavy atom. The summed E-state index contributed by atoms with van der Waals surface area (Å²) in [5.41, 5.74) is -0.387. The van der Waals surface area contributed by atoms with Crippen LogP contribution in [0.2, 0.25) is 0 Å². The van der Waals surface area contributed by atoms with Gasteiger partial charge in [0.1, 0.15) is 17.4 Å². The first-order valence-electron chi connectivity index (χ1n) is 3.71. The summed E-state index contributed by atoms with van der Waals surface area (Å²) >= 11 is 0. The Labute approximate surface area is 74.4 Å². The van der Waals surface area contributed by atoms with E-state index in [1.165, 1.54) is 0 Å². The second-order valence-electron chi connectivity index (χ2n) is 2.28. The standard InChI is InChI=1S/C9H7F2NO/c1-2-13-9-6(5-12)7(10)3-4-8(9)11/h3-4H,2H2,1H3. The van der Waals surface area contributed by atoms with Crippen molar-refractivity contribution in [2.45, 2.75) is 6.92 Å². The molecule has 0 fully saturated rings. The molecule has 68 valence electrons. The van der Waals surface area contributed by atoms with Gasteiger partial charge in [-0.15, -0.1) is 0 Å². The molecule has 0 amide bonds. The molecule has 0 bridgehead atoms. The van der Waals surface area contributed by atoms with E-state index in [0.717, 1.165) is 12.1 Å². The molecule has 0 saturated carbocycles. The predicted octanol–water partition coefficient (Wildman–Crippen LogP) is 2.24. The lowest BCUT2D eigenvalue weighted by molar-refractivity contribution is 0.318. The third-order valence-electron chi connectivity index (χ3n) is 1.46. The highest BCUT2D eigenvalue weighted by molar-refractivity contribution is 5.44. The Morgan fingerprint density at radius 1 is 1.38 bits per heavy atom. The highest BCUT2D eigenvalue weighted by atomic mass is 19.1. The molecule has 0 atom stereocenters. The van der Waals surface area contributed by atoms with Crippen molar-refractivity contribution in [3.05, 3.63) is 29.3 Å². The maximum absolute atomic E-state index is 13.0. The van der Waals surface area contributed by atoms with Gasteiger partial charge in [0.2, 0.25) is 0 Å². The molecule has 1 aromatic carbocycles. The molecule has 0 spiro atoms. The summed E-state index contributed by atoms with van der Waals surface area (Å²) in [5, 5.41) is 8.51. The van der Waals surface area contributed by atoms with E-state index in [1.807, 2.05) is 0 Å². The third-order valence-corrected chi connectivity index (χ3v) is 1.46. The summed E-state index contributed by atoms with van der Waals surface area (Å²) in [6.07, 6.45) is 0. The number of ether oxygens (including phenoxy) is 1. The SMILES string of the molecule is CCOc1c(F)ccc(F)c1C#N. The monoisotopic (exact) mass is 183 g/mol. The fourth-order valence-electron chi connectivity index (χ4n) is 0.923. The largest absolute Gasteiger partial charge is 0.489 e. The van der Waals surface area contributed by atoms with Crippen molar-refractivity contribution in [3.8, 4) is 11.8 Å². The van der Waals surface area contributed by atoms with Crippen LogP contribution in [-0.4, -0.2) is 6.61 Å². The van der Waals surface area contributed by atoms with E-state index >= 15 is 0 Å². The van der Waals surface area contributed by atoms with Crippen molar-refractivity contribution >= 4 is 0 Å². The molecule has 0 aliphatic carbocycles. The first-order chi connectivity index (χ1) is 6.20. The van der Waals surface area contributed by atoms with Crippen molar-refractivity contribution in [2.24, 2.45) is 0 Å². The van der Waals surface area contributed by atoms with Gasteiger partial charge in [0, 0.05) is 0 Å². The van der Waals surface area contributed by atoms with E-state index in [0.29, 0.717) is 0 Å². The summed E-state index contributed by atoms with van der Waals surface area (Å²) < 4.78 is 30.6. The molecule has 13 heavy (non-hydrogen) atoms. The van der Waals surface area contributed by atoms with Gasteiger partial charge in [-0.25, -0.2) is 8.78 Å². The molecule has 1 aromatic rings. The molecular weight excluding hydrogens is 176 g/mol. The van der Waals surface area contributed by atoms with Crippen LogP contribution in [0.5, 0.6) is 5.75 Å². The van der Waals surface area contributed by atoms with Crippen molar-refractivity contribution in [1.29, 1.82) is 5.26 Å². The number of rotatable bonds is 2. The normalized spacial score (nSPS) is 9.38. The van der Waals surface area contributed by atoms with Crippen LogP contribution in [0.4, 0.5) is 8.78 Å². The molecule has 1 rings (SSSR count). The van der Waals surface area contributed by atoms with Crippen LogP contribution in [0, 0.1) is 23.0 Å². The first-order valence-corrected chi connectivity index (χ1v) is 3.71. The molecule has 0 unspecified atom stereocenters. The Kier molecular flexibility index (Phi) is 2.80. The van der Waals surface area contributed by atoms with Crippen molar-refractivity contribution in [3.63, 3.8) is 0 Å². The molecule has 0 aliphatic heterocycles. The van der Waals surface area contributed by atoms with Gasteiger partial charge in [0.25, 0.3) is 0 Å². The van der Waals surface area contributed by atoms with Crippen LogP contribution in [0.25, 0.3) is 0 Å². The minimum atomic E-state index is -0.771. The van der Waals surface area contributed by atoms with Crippen LogP contribution in [-0.2, 0) is 0 Å². The number of nitriles is 1. The van der Waals surface area contributed by atoms with Gasteiger partial charge >= 0.3 is 0 Å². The molecule has 0 heterocycles.